The fourth-order valence-electron chi connectivity index (χ4n) is 2.24. The maximum atomic E-state index is 13.3. The summed E-state index contributed by atoms with van der Waals surface area (Å²) in [6, 6.07) is 11.3. The fraction of sp³-hybridized carbons (Fsp3) is 0.278. The predicted octanol–water partition coefficient (Wildman–Crippen LogP) is 3.60. The lowest BCUT2D eigenvalue weighted by molar-refractivity contribution is -0.0498. The zero-order valence-corrected chi connectivity index (χ0v) is 14.0. The molecule has 0 aliphatic rings. The molecule has 0 radical (unpaired) electrons. The summed E-state index contributed by atoms with van der Waals surface area (Å²) < 4.78 is 42.1. The maximum absolute atomic E-state index is 13.3. The van der Waals surface area contributed by atoms with E-state index in [1.807, 2.05) is 0 Å². The zero-order valence-electron chi connectivity index (χ0n) is 14.0. The largest absolute Gasteiger partial charge is 0.435 e. The van der Waals surface area contributed by atoms with E-state index in [9.17, 15) is 13.2 Å². The monoisotopic (exact) mass is 351 g/mol. The van der Waals surface area contributed by atoms with Crippen LogP contribution in [0.2, 0.25) is 0 Å². The topological polar surface area (TPSA) is 45.7 Å². The summed E-state index contributed by atoms with van der Waals surface area (Å²) in [5.74, 6) is 0.415. The Hall–Kier alpha value is -2.70. The SMILES string of the molecule is CN=C(NCc1cccc(OC(F)F)c1)NCc1ccc(F)c(C)c1. The van der Waals surface area contributed by atoms with Crippen LogP contribution in [-0.2, 0) is 13.1 Å². The van der Waals surface area contributed by atoms with Gasteiger partial charge in [0.2, 0.25) is 0 Å². The van der Waals surface area contributed by atoms with E-state index in [1.54, 1.807) is 38.2 Å². The molecule has 2 N–H and O–H groups in total. The normalized spacial score (nSPS) is 11.5. The van der Waals surface area contributed by atoms with Crippen LogP contribution < -0.4 is 15.4 Å². The minimum Gasteiger partial charge on any atom is -0.435 e. The van der Waals surface area contributed by atoms with Crippen molar-refractivity contribution in [2.24, 2.45) is 4.99 Å². The van der Waals surface area contributed by atoms with E-state index in [2.05, 4.69) is 20.4 Å². The van der Waals surface area contributed by atoms with Crippen molar-refractivity contribution in [1.82, 2.24) is 10.6 Å². The van der Waals surface area contributed by atoms with Gasteiger partial charge in [-0.05, 0) is 41.8 Å². The summed E-state index contributed by atoms with van der Waals surface area (Å²) in [7, 11) is 1.63. The second-order valence-electron chi connectivity index (χ2n) is 5.39. The van der Waals surface area contributed by atoms with Gasteiger partial charge < -0.3 is 15.4 Å². The number of hydrogen-bond donors (Lipinski definition) is 2. The van der Waals surface area contributed by atoms with Gasteiger partial charge in [0.1, 0.15) is 11.6 Å². The van der Waals surface area contributed by atoms with E-state index in [1.165, 1.54) is 18.2 Å². The highest BCUT2D eigenvalue weighted by atomic mass is 19.3. The van der Waals surface area contributed by atoms with E-state index in [0.717, 1.165) is 11.1 Å². The molecule has 0 saturated heterocycles. The Morgan fingerprint density at radius 1 is 1.08 bits per heavy atom. The van der Waals surface area contributed by atoms with E-state index in [4.69, 9.17) is 0 Å². The van der Waals surface area contributed by atoms with Crippen molar-refractivity contribution in [2.75, 3.05) is 7.05 Å². The molecule has 2 aromatic rings. The Morgan fingerprint density at radius 2 is 1.76 bits per heavy atom. The molecule has 0 unspecified atom stereocenters. The molecule has 0 aromatic heterocycles. The molecule has 0 fully saturated rings. The van der Waals surface area contributed by atoms with E-state index < -0.39 is 6.61 Å². The van der Waals surface area contributed by atoms with Gasteiger partial charge in [-0.3, -0.25) is 4.99 Å². The molecule has 4 nitrogen and oxygen atoms in total. The predicted molar refractivity (Wildman–Crippen MR) is 91.2 cm³/mol. The summed E-state index contributed by atoms with van der Waals surface area (Å²) in [5.41, 5.74) is 2.28. The summed E-state index contributed by atoms with van der Waals surface area (Å²) in [6.45, 7) is -0.269. The standard InChI is InChI=1S/C18H20F3N3O/c1-12-8-14(6-7-16(12)19)11-24-18(22-2)23-10-13-4-3-5-15(9-13)25-17(20)21/h3-9,17H,10-11H2,1-2H3,(H2,22,23,24). The van der Waals surface area contributed by atoms with Crippen molar-refractivity contribution in [2.45, 2.75) is 26.6 Å². The number of hydrogen-bond acceptors (Lipinski definition) is 2. The van der Waals surface area contributed by atoms with Gasteiger partial charge >= 0.3 is 6.61 Å². The number of guanidine groups is 1. The number of halogens is 3. The molecule has 25 heavy (non-hydrogen) atoms. The molecule has 134 valence electrons. The average molecular weight is 351 g/mol. The Bertz CT molecular complexity index is 735. The van der Waals surface area contributed by atoms with Crippen LogP contribution >= 0.6 is 0 Å². The minimum atomic E-state index is -2.85. The second kappa shape index (κ2) is 8.96. The quantitative estimate of drug-likeness (QED) is 0.617. The molecule has 0 bridgehead atoms. The Morgan fingerprint density at radius 3 is 2.36 bits per heavy atom. The van der Waals surface area contributed by atoms with Gasteiger partial charge in [0, 0.05) is 20.1 Å². The number of alkyl halides is 2. The van der Waals surface area contributed by atoms with Crippen LogP contribution in [0.3, 0.4) is 0 Å². The fourth-order valence-corrected chi connectivity index (χ4v) is 2.24. The number of benzene rings is 2. The van der Waals surface area contributed by atoms with Crippen LogP contribution in [0.4, 0.5) is 13.2 Å². The highest BCUT2D eigenvalue weighted by Crippen LogP contribution is 2.15. The number of aryl methyl sites for hydroxylation is 1. The van der Waals surface area contributed by atoms with Crippen molar-refractivity contribution >= 4 is 5.96 Å². The number of aliphatic imine (C=N–C) groups is 1. The van der Waals surface area contributed by atoms with Gasteiger partial charge in [0.15, 0.2) is 5.96 Å². The van der Waals surface area contributed by atoms with Crippen LogP contribution in [0.15, 0.2) is 47.5 Å². The Labute approximate surface area is 144 Å². The Kier molecular flexibility index (Phi) is 6.68. The smallest absolute Gasteiger partial charge is 0.387 e. The number of rotatable bonds is 6. The third-order valence-corrected chi connectivity index (χ3v) is 3.49. The van der Waals surface area contributed by atoms with Crippen molar-refractivity contribution in [3.05, 3.63) is 65.0 Å². The van der Waals surface area contributed by atoms with Crippen LogP contribution in [0, 0.1) is 12.7 Å². The summed E-state index contributed by atoms with van der Waals surface area (Å²) in [6.07, 6.45) is 0. The molecule has 7 heteroatoms. The van der Waals surface area contributed by atoms with Gasteiger partial charge in [-0.2, -0.15) is 8.78 Å². The van der Waals surface area contributed by atoms with Crippen molar-refractivity contribution in [3.63, 3.8) is 0 Å². The van der Waals surface area contributed by atoms with Gasteiger partial charge in [-0.25, -0.2) is 4.39 Å². The minimum absolute atomic E-state index is 0.110. The van der Waals surface area contributed by atoms with Gasteiger partial charge in [-0.1, -0.05) is 24.3 Å². The summed E-state index contributed by atoms with van der Waals surface area (Å²) in [5, 5.41) is 6.20. The summed E-state index contributed by atoms with van der Waals surface area (Å²) >= 11 is 0. The molecule has 2 aromatic carbocycles. The number of nitrogens with zero attached hydrogens (tertiary/aromatic N) is 1. The van der Waals surface area contributed by atoms with E-state index >= 15 is 0 Å². The average Bonchev–Trinajstić information content (AvgIpc) is 2.58. The molecule has 0 spiro atoms. The number of nitrogens with one attached hydrogen (secondary N) is 2. The van der Waals surface area contributed by atoms with Crippen LogP contribution in [0.25, 0.3) is 0 Å². The van der Waals surface area contributed by atoms with Crippen LogP contribution in [-0.4, -0.2) is 19.6 Å². The van der Waals surface area contributed by atoms with Gasteiger partial charge in [0.25, 0.3) is 0 Å². The third-order valence-electron chi connectivity index (χ3n) is 3.49. The highest BCUT2D eigenvalue weighted by Gasteiger charge is 2.05. The van der Waals surface area contributed by atoms with E-state index in [-0.39, 0.29) is 11.6 Å². The van der Waals surface area contributed by atoms with Crippen molar-refractivity contribution in [3.8, 4) is 5.75 Å². The molecule has 2 rings (SSSR count). The first kappa shape index (κ1) is 18.6. The third kappa shape index (κ3) is 6.02. The molecule has 0 heterocycles. The van der Waals surface area contributed by atoms with Gasteiger partial charge in [0.05, 0.1) is 0 Å². The number of ether oxygens (including phenoxy) is 1. The molecule has 0 aliphatic carbocycles. The molecule has 0 atom stereocenters. The first-order valence-corrected chi connectivity index (χ1v) is 7.71. The molecular weight excluding hydrogens is 331 g/mol. The molecular formula is C18H20F3N3O. The second-order valence-corrected chi connectivity index (χ2v) is 5.39. The first-order chi connectivity index (χ1) is 12.0. The lowest BCUT2D eigenvalue weighted by Crippen LogP contribution is -2.36. The molecule has 0 amide bonds. The summed E-state index contributed by atoms with van der Waals surface area (Å²) in [4.78, 5) is 4.10. The van der Waals surface area contributed by atoms with E-state index in [0.29, 0.717) is 24.6 Å². The lowest BCUT2D eigenvalue weighted by atomic mass is 10.1. The van der Waals surface area contributed by atoms with Crippen molar-refractivity contribution < 1.29 is 17.9 Å². The van der Waals surface area contributed by atoms with Crippen molar-refractivity contribution in [1.29, 1.82) is 0 Å². The highest BCUT2D eigenvalue weighted by molar-refractivity contribution is 5.79. The van der Waals surface area contributed by atoms with Crippen LogP contribution in [0.1, 0.15) is 16.7 Å². The Balaban J connectivity index is 1.89. The molecule has 0 aliphatic heterocycles. The van der Waals surface area contributed by atoms with Crippen LogP contribution in [0.5, 0.6) is 5.75 Å². The van der Waals surface area contributed by atoms with Gasteiger partial charge in [-0.15, -0.1) is 0 Å². The zero-order chi connectivity index (χ0) is 18.2. The maximum Gasteiger partial charge on any atom is 0.387 e. The first-order valence-electron chi connectivity index (χ1n) is 7.71. The molecule has 0 saturated carbocycles. The lowest BCUT2D eigenvalue weighted by Gasteiger charge is -2.13.